The normalized spacial score (nSPS) is 11.2. The summed E-state index contributed by atoms with van der Waals surface area (Å²) in [4.78, 5) is 1.94. The van der Waals surface area contributed by atoms with E-state index < -0.39 is 15.8 Å². The van der Waals surface area contributed by atoms with Crippen molar-refractivity contribution in [3.8, 4) is 0 Å². The highest BCUT2D eigenvalue weighted by molar-refractivity contribution is 7.92. The Morgan fingerprint density at radius 1 is 0.950 bits per heavy atom. The van der Waals surface area contributed by atoms with Crippen molar-refractivity contribution in [2.75, 3.05) is 23.7 Å². The lowest BCUT2D eigenvalue weighted by atomic mass is 10.3. The molecule has 2 aromatic rings. The molecule has 20 heavy (non-hydrogen) atoms. The summed E-state index contributed by atoms with van der Waals surface area (Å²) < 4.78 is 39.4. The van der Waals surface area contributed by atoms with Crippen LogP contribution in [0.3, 0.4) is 0 Å². The fourth-order valence-corrected chi connectivity index (χ4v) is 2.71. The topological polar surface area (TPSA) is 49.4 Å². The molecule has 0 bridgehead atoms. The van der Waals surface area contributed by atoms with Gasteiger partial charge in [0, 0.05) is 25.5 Å². The molecule has 0 amide bonds. The number of hydrogen-bond acceptors (Lipinski definition) is 3. The van der Waals surface area contributed by atoms with Crippen molar-refractivity contribution in [2.24, 2.45) is 0 Å². The van der Waals surface area contributed by atoms with E-state index in [4.69, 9.17) is 0 Å². The molecule has 2 rings (SSSR count). The maximum Gasteiger partial charge on any atom is 0.261 e. The molecular weight excluding hydrogens is 279 g/mol. The molecule has 6 heteroatoms. The molecule has 4 nitrogen and oxygen atoms in total. The van der Waals surface area contributed by atoms with Gasteiger partial charge in [-0.25, -0.2) is 12.8 Å². The maximum absolute atomic E-state index is 12.8. The van der Waals surface area contributed by atoms with Crippen LogP contribution in [0.25, 0.3) is 0 Å². The molecule has 2 aromatic carbocycles. The lowest BCUT2D eigenvalue weighted by molar-refractivity contribution is 0.599. The number of halogens is 1. The van der Waals surface area contributed by atoms with E-state index in [2.05, 4.69) is 4.72 Å². The summed E-state index contributed by atoms with van der Waals surface area (Å²) in [6.45, 7) is 0. The van der Waals surface area contributed by atoms with Crippen molar-refractivity contribution >= 4 is 21.4 Å². The van der Waals surface area contributed by atoms with Gasteiger partial charge < -0.3 is 4.90 Å². The molecule has 0 aliphatic heterocycles. The van der Waals surface area contributed by atoms with Crippen LogP contribution in [0.2, 0.25) is 0 Å². The molecule has 0 radical (unpaired) electrons. The minimum absolute atomic E-state index is 0.0237. The zero-order valence-corrected chi connectivity index (χ0v) is 12.0. The second-order valence-corrected chi connectivity index (χ2v) is 6.18. The van der Waals surface area contributed by atoms with Crippen molar-refractivity contribution < 1.29 is 12.8 Å². The van der Waals surface area contributed by atoms with Crippen molar-refractivity contribution in [3.63, 3.8) is 0 Å². The molecule has 0 aliphatic carbocycles. The SMILES string of the molecule is CN(C)c1ccc(NS(=O)(=O)c2ccc(F)cc2)cc1. The van der Waals surface area contributed by atoms with Crippen LogP contribution in [0.15, 0.2) is 53.4 Å². The smallest absolute Gasteiger partial charge is 0.261 e. The summed E-state index contributed by atoms with van der Waals surface area (Å²) in [5, 5.41) is 0. The zero-order chi connectivity index (χ0) is 14.8. The quantitative estimate of drug-likeness (QED) is 0.943. The number of sulfonamides is 1. The van der Waals surface area contributed by atoms with Crippen LogP contribution in [-0.4, -0.2) is 22.5 Å². The molecule has 1 N–H and O–H groups in total. The van der Waals surface area contributed by atoms with Gasteiger partial charge in [-0.15, -0.1) is 0 Å². The summed E-state index contributed by atoms with van der Waals surface area (Å²) in [7, 11) is 0.108. The number of nitrogens with one attached hydrogen (secondary N) is 1. The number of rotatable bonds is 4. The maximum atomic E-state index is 12.8. The molecule has 0 heterocycles. The molecule has 106 valence electrons. The summed E-state index contributed by atoms with van der Waals surface area (Å²) in [6, 6.07) is 11.7. The number of nitrogens with zero attached hydrogens (tertiary/aromatic N) is 1. The van der Waals surface area contributed by atoms with Gasteiger partial charge in [-0.2, -0.15) is 0 Å². The zero-order valence-electron chi connectivity index (χ0n) is 11.2. The van der Waals surface area contributed by atoms with Gasteiger partial charge in [-0.3, -0.25) is 4.72 Å². The lowest BCUT2D eigenvalue weighted by Gasteiger charge is -2.13. The van der Waals surface area contributed by atoms with E-state index in [1.165, 1.54) is 12.1 Å². The third-order valence-corrected chi connectivity index (χ3v) is 4.16. The highest BCUT2D eigenvalue weighted by Crippen LogP contribution is 2.19. The second kappa shape index (κ2) is 5.50. The Labute approximate surface area is 117 Å². The van der Waals surface area contributed by atoms with Gasteiger partial charge in [0.05, 0.1) is 4.90 Å². The van der Waals surface area contributed by atoms with Crippen LogP contribution in [0.4, 0.5) is 15.8 Å². The first-order valence-corrected chi connectivity index (χ1v) is 7.42. The van der Waals surface area contributed by atoms with Crippen LogP contribution in [0.1, 0.15) is 0 Å². The Hall–Kier alpha value is -2.08. The largest absolute Gasteiger partial charge is 0.378 e. The molecule has 0 aliphatic rings. The van der Waals surface area contributed by atoms with Crippen LogP contribution in [-0.2, 0) is 10.0 Å². The molecule has 0 saturated heterocycles. The van der Waals surface area contributed by atoms with E-state index in [0.29, 0.717) is 5.69 Å². The standard InChI is InChI=1S/C14H15FN2O2S/c1-17(2)13-7-5-12(6-8-13)16-20(18,19)14-9-3-11(15)4-10-14/h3-10,16H,1-2H3. The van der Waals surface area contributed by atoms with Crippen molar-refractivity contribution in [2.45, 2.75) is 4.90 Å². The molecule has 0 unspecified atom stereocenters. The Kier molecular flexibility index (Phi) is 3.94. The van der Waals surface area contributed by atoms with Crippen LogP contribution >= 0.6 is 0 Å². The van der Waals surface area contributed by atoms with E-state index in [9.17, 15) is 12.8 Å². The number of benzene rings is 2. The monoisotopic (exact) mass is 294 g/mol. The third kappa shape index (κ3) is 3.27. The van der Waals surface area contributed by atoms with E-state index in [1.807, 2.05) is 31.1 Å². The highest BCUT2D eigenvalue weighted by Gasteiger charge is 2.14. The van der Waals surface area contributed by atoms with Gasteiger partial charge in [0.25, 0.3) is 10.0 Å². The first-order valence-electron chi connectivity index (χ1n) is 5.94. The molecule has 0 spiro atoms. The third-order valence-electron chi connectivity index (χ3n) is 2.76. The van der Waals surface area contributed by atoms with Crippen molar-refractivity contribution in [1.29, 1.82) is 0 Å². The molecule has 0 saturated carbocycles. The van der Waals surface area contributed by atoms with Crippen molar-refractivity contribution in [3.05, 3.63) is 54.3 Å². The van der Waals surface area contributed by atoms with Gasteiger partial charge in [0.15, 0.2) is 0 Å². The van der Waals surface area contributed by atoms with E-state index in [0.717, 1.165) is 17.8 Å². The Balaban J connectivity index is 2.22. The predicted molar refractivity (Wildman–Crippen MR) is 78.0 cm³/mol. The molecule has 0 fully saturated rings. The van der Waals surface area contributed by atoms with Gasteiger partial charge in [-0.05, 0) is 48.5 Å². The van der Waals surface area contributed by atoms with Gasteiger partial charge in [0.2, 0.25) is 0 Å². The Morgan fingerprint density at radius 2 is 1.50 bits per heavy atom. The fraction of sp³-hybridized carbons (Fsp3) is 0.143. The van der Waals surface area contributed by atoms with Gasteiger partial charge in [0.1, 0.15) is 5.82 Å². The molecular formula is C14H15FN2O2S. The first-order chi connectivity index (χ1) is 9.38. The average Bonchev–Trinajstić information content (AvgIpc) is 2.39. The van der Waals surface area contributed by atoms with E-state index in [1.54, 1.807) is 12.1 Å². The van der Waals surface area contributed by atoms with Crippen LogP contribution < -0.4 is 9.62 Å². The summed E-state index contributed by atoms with van der Waals surface area (Å²) in [6.07, 6.45) is 0. The van der Waals surface area contributed by atoms with E-state index in [-0.39, 0.29) is 4.90 Å². The fourth-order valence-electron chi connectivity index (χ4n) is 1.66. The summed E-state index contributed by atoms with van der Waals surface area (Å²) in [5.41, 5.74) is 1.43. The number of hydrogen-bond donors (Lipinski definition) is 1. The Bertz CT molecular complexity index is 680. The Morgan fingerprint density at radius 3 is 2.00 bits per heavy atom. The van der Waals surface area contributed by atoms with Crippen LogP contribution in [0, 0.1) is 5.82 Å². The van der Waals surface area contributed by atoms with Crippen LogP contribution in [0.5, 0.6) is 0 Å². The molecule has 0 atom stereocenters. The molecule has 0 aromatic heterocycles. The highest BCUT2D eigenvalue weighted by atomic mass is 32.2. The van der Waals surface area contributed by atoms with Gasteiger partial charge >= 0.3 is 0 Å². The van der Waals surface area contributed by atoms with E-state index >= 15 is 0 Å². The van der Waals surface area contributed by atoms with Gasteiger partial charge in [-0.1, -0.05) is 0 Å². The average molecular weight is 294 g/mol. The summed E-state index contributed by atoms with van der Waals surface area (Å²) in [5.74, 6) is -0.473. The second-order valence-electron chi connectivity index (χ2n) is 4.50. The predicted octanol–water partition coefficient (Wildman–Crippen LogP) is 2.69. The van der Waals surface area contributed by atoms with Crippen molar-refractivity contribution in [1.82, 2.24) is 0 Å². The number of anilines is 2. The lowest BCUT2D eigenvalue weighted by Crippen LogP contribution is -2.13. The first kappa shape index (κ1) is 14.3. The minimum atomic E-state index is -3.69. The minimum Gasteiger partial charge on any atom is -0.378 e. The summed E-state index contributed by atoms with van der Waals surface area (Å²) >= 11 is 0.